The molecule has 2 aromatic rings. The Labute approximate surface area is 165 Å². The van der Waals surface area contributed by atoms with Gasteiger partial charge in [0.1, 0.15) is 10.7 Å². The number of halogens is 2. The van der Waals surface area contributed by atoms with E-state index in [9.17, 15) is 14.4 Å². The van der Waals surface area contributed by atoms with Crippen LogP contribution in [0.15, 0.2) is 29.8 Å². The number of rotatable bonds is 3. The minimum atomic E-state index is -0.683. The summed E-state index contributed by atoms with van der Waals surface area (Å²) in [7, 11) is 2.63. The molecule has 1 aliphatic heterocycles. The van der Waals surface area contributed by atoms with E-state index in [0.29, 0.717) is 22.8 Å². The monoisotopic (exact) mass is 406 g/mol. The van der Waals surface area contributed by atoms with E-state index in [4.69, 9.17) is 23.2 Å². The van der Waals surface area contributed by atoms with Crippen LogP contribution in [0, 0.1) is 6.92 Å². The Hall–Kier alpha value is -2.64. The van der Waals surface area contributed by atoms with Crippen LogP contribution in [0.5, 0.6) is 0 Å². The standard InChI is InChI=1S/C18H16Cl2N4O3/c1-10-12(8-13-16(25)22(2)18(27)23(3)17(13)26)15(20)24(21-10)9-11-6-4-5-7-14(11)19/h4-8H,9H2,1-3H3. The van der Waals surface area contributed by atoms with Crippen LogP contribution in [0.4, 0.5) is 4.79 Å². The molecule has 0 atom stereocenters. The smallest absolute Gasteiger partial charge is 0.268 e. The second kappa shape index (κ2) is 7.17. The number of carbonyl (C=O) groups is 3. The van der Waals surface area contributed by atoms with Gasteiger partial charge in [0, 0.05) is 24.7 Å². The Balaban J connectivity index is 2.01. The summed E-state index contributed by atoms with van der Waals surface area (Å²) in [6.07, 6.45) is 1.37. The Morgan fingerprint density at radius 3 is 2.22 bits per heavy atom. The van der Waals surface area contributed by atoms with Gasteiger partial charge in [-0.15, -0.1) is 0 Å². The molecule has 1 aliphatic rings. The minimum absolute atomic E-state index is 0.151. The van der Waals surface area contributed by atoms with Crippen LogP contribution < -0.4 is 0 Å². The lowest BCUT2D eigenvalue weighted by Gasteiger charge is -2.28. The van der Waals surface area contributed by atoms with Crippen LogP contribution in [0.2, 0.25) is 10.2 Å². The van der Waals surface area contributed by atoms with E-state index in [1.54, 1.807) is 17.7 Å². The first-order valence-corrected chi connectivity index (χ1v) is 8.76. The predicted molar refractivity (Wildman–Crippen MR) is 101 cm³/mol. The molecule has 0 unspecified atom stereocenters. The summed E-state index contributed by atoms with van der Waals surface area (Å²) in [6.45, 7) is 2.06. The van der Waals surface area contributed by atoms with E-state index < -0.39 is 17.8 Å². The minimum Gasteiger partial charge on any atom is -0.268 e. The zero-order chi connectivity index (χ0) is 19.9. The van der Waals surface area contributed by atoms with Crippen molar-refractivity contribution in [1.82, 2.24) is 19.6 Å². The molecule has 7 nitrogen and oxygen atoms in total. The second-order valence-corrected chi connectivity index (χ2v) is 6.87. The van der Waals surface area contributed by atoms with E-state index >= 15 is 0 Å². The van der Waals surface area contributed by atoms with Crippen molar-refractivity contribution in [3.8, 4) is 0 Å². The van der Waals surface area contributed by atoms with Gasteiger partial charge in [0.05, 0.1) is 12.2 Å². The number of imide groups is 2. The van der Waals surface area contributed by atoms with Gasteiger partial charge in [-0.25, -0.2) is 9.48 Å². The highest BCUT2D eigenvalue weighted by Gasteiger charge is 2.38. The first-order chi connectivity index (χ1) is 12.7. The van der Waals surface area contributed by atoms with Crippen molar-refractivity contribution >= 4 is 47.1 Å². The highest BCUT2D eigenvalue weighted by atomic mass is 35.5. The van der Waals surface area contributed by atoms with Gasteiger partial charge in [-0.1, -0.05) is 41.4 Å². The van der Waals surface area contributed by atoms with Gasteiger partial charge in [0.25, 0.3) is 11.8 Å². The van der Waals surface area contributed by atoms with Crippen molar-refractivity contribution in [2.24, 2.45) is 0 Å². The number of likely N-dealkylation sites (N-methyl/N-ethyl adjacent to an activating group) is 2. The van der Waals surface area contributed by atoms with Gasteiger partial charge in [-0.2, -0.15) is 5.10 Å². The van der Waals surface area contributed by atoms with Crippen molar-refractivity contribution in [3.63, 3.8) is 0 Å². The van der Waals surface area contributed by atoms with Crippen LogP contribution in [0.25, 0.3) is 6.08 Å². The fourth-order valence-electron chi connectivity index (χ4n) is 2.74. The highest BCUT2D eigenvalue weighted by molar-refractivity contribution is 6.34. The number of aryl methyl sites for hydroxylation is 1. The highest BCUT2D eigenvalue weighted by Crippen LogP contribution is 2.27. The first-order valence-electron chi connectivity index (χ1n) is 8.00. The fraction of sp³-hybridized carbons (Fsp3) is 0.222. The van der Waals surface area contributed by atoms with E-state index in [2.05, 4.69) is 5.10 Å². The molecule has 0 spiro atoms. The number of amides is 4. The molecule has 0 bridgehead atoms. The maximum atomic E-state index is 12.4. The summed E-state index contributed by atoms with van der Waals surface area (Å²) < 4.78 is 1.54. The number of nitrogens with zero attached hydrogens (tertiary/aromatic N) is 4. The van der Waals surface area contributed by atoms with E-state index in [1.807, 2.05) is 18.2 Å². The van der Waals surface area contributed by atoms with Crippen LogP contribution in [0.1, 0.15) is 16.8 Å². The van der Waals surface area contributed by atoms with Crippen molar-refractivity contribution in [2.45, 2.75) is 13.5 Å². The number of benzene rings is 1. The Morgan fingerprint density at radius 2 is 1.63 bits per heavy atom. The molecule has 0 aliphatic carbocycles. The third kappa shape index (κ3) is 3.36. The van der Waals surface area contributed by atoms with Crippen LogP contribution in [0.3, 0.4) is 0 Å². The molecule has 4 amide bonds. The van der Waals surface area contributed by atoms with Crippen LogP contribution in [-0.2, 0) is 16.1 Å². The van der Waals surface area contributed by atoms with Gasteiger partial charge >= 0.3 is 6.03 Å². The molecule has 3 rings (SSSR count). The summed E-state index contributed by atoms with van der Waals surface area (Å²) in [5, 5.41) is 5.23. The zero-order valence-corrected chi connectivity index (χ0v) is 16.4. The molecular weight excluding hydrogens is 391 g/mol. The molecule has 0 radical (unpaired) electrons. The topological polar surface area (TPSA) is 75.5 Å². The Bertz CT molecular complexity index is 970. The number of urea groups is 1. The Morgan fingerprint density at radius 1 is 1.04 bits per heavy atom. The molecule has 0 saturated carbocycles. The molecule has 1 aromatic heterocycles. The third-order valence-corrected chi connectivity index (χ3v) is 5.09. The van der Waals surface area contributed by atoms with E-state index in [1.165, 1.54) is 20.2 Å². The summed E-state index contributed by atoms with van der Waals surface area (Å²) in [5.41, 5.74) is 1.67. The summed E-state index contributed by atoms with van der Waals surface area (Å²) in [5.74, 6) is -1.37. The largest absolute Gasteiger partial charge is 0.333 e. The van der Waals surface area contributed by atoms with Crippen LogP contribution in [-0.4, -0.2) is 51.5 Å². The zero-order valence-electron chi connectivity index (χ0n) is 14.9. The maximum absolute atomic E-state index is 12.4. The molecule has 2 heterocycles. The SMILES string of the molecule is Cc1nn(Cc2ccccc2Cl)c(Cl)c1C=C1C(=O)N(C)C(=O)N(C)C1=O. The average molecular weight is 407 g/mol. The lowest BCUT2D eigenvalue weighted by atomic mass is 10.1. The van der Waals surface area contributed by atoms with Crippen molar-refractivity contribution in [3.05, 3.63) is 56.8 Å². The van der Waals surface area contributed by atoms with Crippen LogP contribution >= 0.6 is 23.2 Å². The third-order valence-electron chi connectivity index (χ3n) is 4.32. The van der Waals surface area contributed by atoms with Crippen molar-refractivity contribution in [2.75, 3.05) is 14.1 Å². The molecule has 1 saturated heterocycles. The normalized spacial score (nSPS) is 15.0. The number of carbonyl (C=O) groups excluding carboxylic acids is 3. The average Bonchev–Trinajstić information content (AvgIpc) is 2.90. The van der Waals surface area contributed by atoms with Crippen molar-refractivity contribution in [1.29, 1.82) is 0 Å². The number of hydrogen-bond acceptors (Lipinski definition) is 4. The second-order valence-electron chi connectivity index (χ2n) is 6.11. The first kappa shape index (κ1) is 19.1. The van der Waals surface area contributed by atoms with E-state index in [0.717, 1.165) is 15.4 Å². The molecule has 0 N–H and O–H groups in total. The molecule has 1 aromatic carbocycles. The quantitative estimate of drug-likeness (QED) is 0.579. The summed E-state index contributed by atoms with van der Waals surface area (Å²) in [4.78, 5) is 38.3. The molecule has 140 valence electrons. The Kier molecular flexibility index (Phi) is 5.08. The molecule has 9 heteroatoms. The van der Waals surface area contributed by atoms with Gasteiger partial charge in [0.15, 0.2) is 0 Å². The summed E-state index contributed by atoms with van der Waals surface area (Å²) in [6, 6.07) is 6.63. The molecule has 27 heavy (non-hydrogen) atoms. The maximum Gasteiger partial charge on any atom is 0.333 e. The molecular formula is C18H16Cl2N4O3. The fourth-order valence-corrected chi connectivity index (χ4v) is 3.23. The lowest BCUT2D eigenvalue weighted by molar-refractivity contribution is -0.134. The van der Waals surface area contributed by atoms with Gasteiger partial charge in [0.2, 0.25) is 0 Å². The number of aromatic nitrogens is 2. The van der Waals surface area contributed by atoms with Gasteiger partial charge in [-0.3, -0.25) is 19.4 Å². The van der Waals surface area contributed by atoms with E-state index in [-0.39, 0.29) is 10.7 Å². The number of hydrogen-bond donors (Lipinski definition) is 0. The predicted octanol–water partition coefficient (Wildman–Crippen LogP) is 2.98. The lowest BCUT2D eigenvalue weighted by Crippen LogP contribution is -2.52. The van der Waals surface area contributed by atoms with Gasteiger partial charge < -0.3 is 0 Å². The summed E-state index contributed by atoms with van der Waals surface area (Å²) >= 11 is 12.6. The van der Waals surface area contributed by atoms with Crippen molar-refractivity contribution < 1.29 is 14.4 Å². The van der Waals surface area contributed by atoms with Gasteiger partial charge in [-0.05, 0) is 24.6 Å². The number of barbiturate groups is 1. The molecule has 1 fully saturated rings.